The summed E-state index contributed by atoms with van der Waals surface area (Å²) >= 11 is 0. The molecule has 1 rings (SSSR count). The molecule has 1 unspecified atom stereocenters. The molecule has 102 valence electrons. The minimum atomic E-state index is -4.48. The van der Waals surface area contributed by atoms with Gasteiger partial charge < -0.3 is 10.4 Å². The van der Waals surface area contributed by atoms with Gasteiger partial charge in [-0.25, -0.2) is 0 Å². The first-order chi connectivity index (χ1) is 8.34. The van der Waals surface area contributed by atoms with Crippen molar-refractivity contribution in [1.82, 2.24) is 10.2 Å². The maximum atomic E-state index is 12.3. The highest BCUT2D eigenvalue weighted by Crippen LogP contribution is 2.27. The third-order valence-electron chi connectivity index (χ3n) is 2.53. The maximum absolute atomic E-state index is 12.3. The molecule has 0 saturated heterocycles. The lowest BCUT2D eigenvalue weighted by Crippen LogP contribution is -2.27. The number of halogens is 3. The topological polar surface area (TPSA) is 58.0 Å². The largest absolute Gasteiger partial charge is 0.435 e. The van der Waals surface area contributed by atoms with E-state index >= 15 is 0 Å². The van der Waals surface area contributed by atoms with E-state index in [1.165, 1.54) is 6.07 Å². The lowest BCUT2D eigenvalue weighted by atomic mass is 10.0. The molecule has 0 aliphatic carbocycles. The molecule has 0 amide bonds. The number of alkyl halides is 3. The van der Waals surface area contributed by atoms with E-state index in [0.29, 0.717) is 6.42 Å². The zero-order chi connectivity index (χ0) is 13.8. The minimum Gasteiger partial charge on any atom is -0.396 e. The Hall–Kier alpha value is -1.37. The zero-order valence-corrected chi connectivity index (χ0v) is 10.2. The smallest absolute Gasteiger partial charge is 0.396 e. The Labute approximate surface area is 103 Å². The van der Waals surface area contributed by atoms with Crippen LogP contribution in [-0.4, -0.2) is 28.0 Å². The van der Waals surface area contributed by atoms with E-state index in [4.69, 9.17) is 5.11 Å². The summed E-state index contributed by atoms with van der Waals surface area (Å²) in [4.78, 5) is 0. The molecular weight excluding hydrogens is 247 g/mol. The second kappa shape index (κ2) is 5.99. The van der Waals surface area contributed by atoms with Crippen LogP contribution in [-0.2, 0) is 6.18 Å². The Kier molecular flexibility index (Phi) is 4.89. The third kappa shape index (κ3) is 4.14. The molecular formula is C11H16F3N3O. The fourth-order valence-corrected chi connectivity index (χ4v) is 1.46. The number of aliphatic hydroxyl groups excluding tert-OH is 1. The molecule has 0 aliphatic rings. The number of aliphatic hydroxyl groups is 1. The van der Waals surface area contributed by atoms with Crippen LogP contribution in [0.25, 0.3) is 0 Å². The van der Waals surface area contributed by atoms with Gasteiger partial charge in [-0.05, 0) is 24.5 Å². The van der Waals surface area contributed by atoms with E-state index in [9.17, 15) is 13.2 Å². The van der Waals surface area contributed by atoms with Crippen molar-refractivity contribution >= 4 is 5.82 Å². The van der Waals surface area contributed by atoms with Crippen molar-refractivity contribution in [2.45, 2.75) is 32.5 Å². The van der Waals surface area contributed by atoms with Gasteiger partial charge in [0.2, 0.25) is 0 Å². The highest BCUT2D eigenvalue weighted by molar-refractivity contribution is 5.34. The van der Waals surface area contributed by atoms with E-state index in [1.54, 1.807) is 0 Å². The van der Waals surface area contributed by atoms with E-state index in [-0.39, 0.29) is 24.4 Å². The van der Waals surface area contributed by atoms with Gasteiger partial charge in [-0.3, -0.25) is 0 Å². The van der Waals surface area contributed by atoms with Crippen molar-refractivity contribution in [2.75, 3.05) is 11.9 Å². The number of nitrogens with zero attached hydrogens (tertiary/aromatic N) is 2. The third-order valence-corrected chi connectivity index (χ3v) is 2.53. The molecule has 0 radical (unpaired) electrons. The Morgan fingerprint density at radius 3 is 2.33 bits per heavy atom. The van der Waals surface area contributed by atoms with Gasteiger partial charge in [0.15, 0.2) is 5.69 Å². The summed E-state index contributed by atoms with van der Waals surface area (Å²) in [5.41, 5.74) is -1.02. The first-order valence-corrected chi connectivity index (χ1v) is 5.63. The van der Waals surface area contributed by atoms with Crippen LogP contribution in [0.4, 0.5) is 19.0 Å². The summed E-state index contributed by atoms with van der Waals surface area (Å²) in [7, 11) is 0. The van der Waals surface area contributed by atoms with Crippen LogP contribution in [0.3, 0.4) is 0 Å². The minimum absolute atomic E-state index is 0.00388. The molecule has 1 aromatic heterocycles. The van der Waals surface area contributed by atoms with Gasteiger partial charge >= 0.3 is 6.18 Å². The fourth-order valence-electron chi connectivity index (χ4n) is 1.46. The van der Waals surface area contributed by atoms with Gasteiger partial charge in [0.1, 0.15) is 5.82 Å². The monoisotopic (exact) mass is 263 g/mol. The lowest BCUT2D eigenvalue weighted by Gasteiger charge is -2.21. The summed E-state index contributed by atoms with van der Waals surface area (Å²) in [5, 5.41) is 18.5. The molecule has 2 N–H and O–H groups in total. The summed E-state index contributed by atoms with van der Waals surface area (Å²) in [5.74, 6) is 0.497. The van der Waals surface area contributed by atoms with Crippen molar-refractivity contribution < 1.29 is 18.3 Å². The fraction of sp³-hybridized carbons (Fsp3) is 0.636. The highest BCUT2D eigenvalue weighted by atomic mass is 19.4. The van der Waals surface area contributed by atoms with Gasteiger partial charge in [0, 0.05) is 12.6 Å². The van der Waals surface area contributed by atoms with Gasteiger partial charge in [-0.15, -0.1) is 10.2 Å². The van der Waals surface area contributed by atoms with Crippen LogP contribution < -0.4 is 5.32 Å². The molecule has 0 fully saturated rings. The summed E-state index contributed by atoms with van der Waals surface area (Å²) < 4.78 is 36.8. The van der Waals surface area contributed by atoms with E-state index < -0.39 is 11.9 Å². The standard InChI is InChI=1S/C11H16F3N3O/c1-7(2)8(5-6-18)15-10-4-3-9(16-17-10)11(12,13)14/h3-4,7-8,18H,5-6H2,1-2H3,(H,15,17). The second-order valence-electron chi connectivity index (χ2n) is 4.31. The Balaban J connectivity index is 2.73. The average Bonchev–Trinajstić information content (AvgIpc) is 2.28. The van der Waals surface area contributed by atoms with E-state index in [0.717, 1.165) is 6.07 Å². The van der Waals surface area contributed by atoms with Crippen molar-refractivity contribution in [2.24, 2.45) is 5.92 Å². The summed E-state index contributed by atoms with van der Waals surface area (Å²) in [6.07, 6.45) is -3.98. The van der Waals surface area contributed by atoms with Crippen LogP contribution in [0, 0.1) is 5.92 Å². The van der Waals surface area contributed by atoms with Gasteiger partial charge in [-0.2, -0.15) is 13.2 Å². The molecule has 18 heavy (non-hydrogen) atoms. The molecule has 0 aromatic carbocycles. The SMILES string of the molecule is CC(C)C(CCO)Nc1ccc(C(F)(F)F)nn1. The quantitative estimate of drug-likeness (QED) is 0.856. The molecule has 1 aromatic rings. The molecule has 1 atom stereocenters. The summed E-state index contributed by atoms with van der Waals surface area (Å²) in [6, 6.07) is 2.06. The van der Waals surface area contributed by atoms with Crippen LogP contribution >= 0.6 is 0 Å². The van der Waals surface area contributed by atoms with E-state index in [1.807, 2.05) is 13.8 Å². The normalized spacial score (nSPS) is 13.7. The molecule has 4 nitrogen and oxygen atoms in total. The number of anilines is 1. The molecule has 1 heterocycles. The average molecular weight is 263 g/mol. The molecule has 7 heteroatoms. The van der Waals surface area contributed by atoms with Crippen LogP contribution in [0.5, 0.6) is 0 Å². The Bertz CT molecular complexity index is 365. The van der Waals surface area contributed by atoms with Crippen molar-refractivity contribution in [3.63, 3.8) is 0 Å². The lowest BCUT2D eigenvalue weighted by molar-refractivity contribution is -0.141. The van der Waals surface area contributed by atoms with Crippen LogP contribution in [0.15, 0.2) is 12.1 Å². The Morgan fingerprint density at radius 2 is 1.94 bits per heavy atom. The van der Waals surface area contributed by atoms with Crippen molar-refractivity contribution in [1.29, 1.82) is 0 Å². The predicted molar refractivity (Wildman–Crippen MR) is 61.0 cm³/mol. The van der Waals surface area contributed by atoms with Crippen LogP contribution in [0.2, 0.25) is 0 Å². The number of aromatic nitrogens is 2. The Morgan fingerprint density at radius 1 is 1.28 bits per heavy atom. The van der Waals surface area contributed by atoms with Gasteiger partial charge in [-0.1, -0.05) is 13.8 Å². The van der Waals surface area contributed by atoms with E-state index in [2.05, 4.69) is 15.5 Å². The number of hydrogen-bond acceptors (Lipinski definition) is 4. The first kappa shape index (κ1) is 14.7. The van der Waals surface area contributed by atoms with Gasteiger partial charge in [0.25, 0.3) is 0 Å². The highest BCUT2D eigenvalue weighted by Gasteiger charge is 2.32. The molecule has 0 saturated carbocycles. The second-order valence-corrected chi connectivity index (χ2v) is 4.31. The zero-order valence-electron chi connectivity index (χ0n) is 10.2. The number of rotatable bonds is 5. The molecule has 0 spiro atoms. The van der Waals surface area contributed by atoms with Crippen LogP contribution in [0.1, 0.15) is 26.0 Å². The van der Waals surface area contributed by atoms with Gasteiger partial charge in [0.05, 0.1) is 0 Å². The predicted octanol–water partition coefficient (Wildman–Crippen LogP) is 2.31. The number of nitrogens with one attached hydrogen (secondary N) is 1. The van der Waals surface area contributed by atoms with Crippen molar-refractivity contribution in [3.05, 3.63) is 17.8 Å². The number of hydrogen-bond donors (Lipinski definition) is 2. The maximum Gasteiger partial charge on any atom is 0.435 e. The molecule has 0 bridgehead atoms. The molecule has 0 aliphatic heterocycles. The van der Waals surface area contributed by atoms with Crippen molar-refractivity contribution in [3.8, 4) is 0 Å². The summed E-state index contributed by atoms with van der Waals surface area (Å²) in [6.45, 7) is 3.90. The first-order valence-electron chi connectivity index (χ1n) is 5.63.